The minimum absolute atomic E-state index is 0.233. The number of fused-ring (bicyclic) bond motifs is 1. The fraction of sp³-hybridized carbons (Fsp3) is 0.375. The quantitative estimate of drug-likeness (QED) is 0.877. The van der Waals surface area contributed by atoms with Crippen LogP contribution in [-0.2, 0) is 16.1 Å². The lowest BCUT2D eigenvalue weighted by atomic mass is 10.0. The van der Waals surface area contributed by atoms with Crippen molar-refractivity contribution in [2.24, 2.45) is 0 Å². The predicted molar refractivity (Wildman–Crippen MR) is 85.8 cm³/mol. The van der Waals surface area contributed by atoms with Crippen LogP contribution in [0.4, 0.5) is 0 Å². The molecule has 2 N–H and O–H groups in total. The highest BCUT2D eigenvalue weighted by molar-refractivity contribution is 6.31. The van der Waals surface area contributed by atoms with Gasteiger partial charge in [0.25, 0.3) is 0 Å². The Morgan fingerprint density at radius 2 is 1.91 bits per heavy atom. The molecule has 0 bridgehead atoms. The molecule has 122 valence electrons. The Morgan fingerprint density at radius 3 is 2.52 bits per heavy atom. The summed E-state index contributed by atoms with van der Waals surface area (Å²) >= 11 is 6.02. The van der Waals surface area contributed by atoms with Crippen LogP contribution < -0.4 is 0 Å². The largest absolute Gasteiger partial charge is 0.480 e. The number of benzene rings is 1. The van der Waals surface area contributed by atoms with Crippen LogP contribution in [0.5, 0.6) is 0 Å². The zero-order valence-corrected chi connectivity index (χ0v) is 13.2. The topological polar surface area (TPSA) is 82.8 Å². The Kier molecular flexibility index (Phi) is 4.28. The standard InChI is InChI=1S/C16H17ClN2O4/c17-10-3-4-11-12(8-19(9-14(20)21)13(11)7-10)15(16(22)23)18-5-1-2-6-18/h3-4,7-8,15H,1-2,5-6,9H2,(H,20,21)(H,22,23). The van der Waals surface area contributed by atoms with Crippen molar-refractivity contribution >= 4 is 34.4 Å². The molecule has 0 saturated carbocycles. The minimum Gasteiger partial charge on any atom is -0.480 e. The number of rotatable bonds is 5. The first-order valence-corrected chi connectivity index (χ1v) is 7.82. The van der Waals surface area contributed by atoms with E-state index < -0.39 is 18.0 Å². The van der Waals surface area contributed by atoms with Crippen LogP contribution >= 0.6 is 11.6 Å². The van der Waals surface area contributed by atoms with Crippen LogP contribution in [0.2, 0.25) is 5.02 Å². The number of carbonyl (C=O) groups is 2. The molecule has 1 aliphatic heterocycles. The summed E-state index contributed by atoms with van der Waals surface area (Å²) in [6.45, 7) is 1.23. The minimum atomic E-state index is -0.985. The third-order valence-electron chi connectivity index (χ3n) is 4.22. The Morgan fingerprint density at radius 1 is 1.22 bits per heavy atom. The Labute approximate surface area is 137 Å². The van der Waals surface area contributed by atoms with Crippen molar-refractivity contribution in [1.29, 1.82) is 0 Å². The predicted octanol–water partition coefficient (Wildman–Crippen LogP) is 2.60. The highest BCUT2D eigenvalue weighted by atomic mass is 35.5. The lowest BCUT2D eigenvalue weighted by Gasteiger charge is -2.23. The monoisotopic (exact) mass is 336 g/mol. The van der Waals surface area contributed by atoms with Gasteiger partial charge >= 0.3 is 11.9 Å². The second-order valence-corrected chi connectivity index (χ2v) is 6.19. The average Bonchev–Trinajstić information content (AvgIpc) is 3.08. The Bertz CT molecular complexity index is 765. The molecule has 0 amide bonds. The maximum atomic E-state index is 11.8. The molecule has 0 radical (unpaired) electrons. The van der Waals surface area contributed by atoms with Crippen molar-refractivity contribution < 1.29 is 19.8 Å². The van der Waals surface area contributed by atoms with Crippen molar-refractivity contribution in [2.75, 3.05) is 13.1 Å². The molecule has 1 aromatic heterocycles. The number of hydrogen-bond acceptors (Lipinski definition) is 3. The van der Waals surface area contributed by atoms with Crippen LogP contribution in [0.15, 0.2) is 24.4 Å². The highest BCUT2D eigenvalue weighted by Gasteiger charge is 2.32. The van der Waals surface area contributed by atoms with Gasteiger partial charge in [0.2, 0.25) is 0 Å². The van der Waals surface area contributed by atoms with Crippen LogP contribution in [0.3, 0.4) is 0 Å². The second kappa shape index (κ2) is 6.22. The van der Waals surface area contributed by atoms with Crippen molar-refractivity contribution in [3.8, 4) is 0 Å². The van der Waals surface area contributed by atoms with Gasteiger partial charge < -0.3 is 14.8 Å². The van der Waals surface area contributed by atoms with Gasteiger partial charge in [0.05, 0.1) is 5.52 Å². The summed E-state index contributed by atoms with van der Waals surface area (Å²) in [5.74, 6) is -1.90. The van der Waals surface area contributed by atoms with E-state index >= 15 is 0 Å². The molecule has 6 nitrogen and oxygen atoms in total. The summed E-state index contributed by atoms with van der Waals surface area (Å²) in [6, 6.07) is 4.36. The van der Waals surface area contributed by atoms with E-state index in [1.807, 2.05) is 4.90 Å². The van der Waals surface area contributed by atoms with E-state index in [2.05, 4.69) is 0 Å². The zero-order chi connectivity index (χ0) is 16.6. The van der Waals surface area contributed by atoms with Crippen LogP contribution in [-0.4, -0.2) is 44.7 Å². The van der Waals surface area contributed by atoms with Gasteiger partial charge in [-0.25, -0.2) is 0 Å². The normalized spacial score (nSPS) is 16.7. The fourth-order valence-electron chi connectivity index (χ4n) is 3.27. The number of aliphatic carboxylic acids is 2. The van der Waals surface area contributed by atoms with E-state index in [9.17, 15) is 14.7 Å². The van der Waals surface area contributed by atoms with Crippen LogP contribution in [0.25, 0.3) is 10.9 Å². The summed E-state index contributed by atoms with van der Waals surface area (Å²) in [6.07, 6.45) is 3.58. The summed E-state index contributed by atoms with van der Waals surface area (Å²) in [7, 11) is 0. The molecule has 1 unspecified atom stereocenters. The number of aromatic nitrogens is 1. The maximum absolute atomic E-state index is 11.8. The van der Waals surface area contributed by atoms with E-state index in [4.69, 9.17) is 16.7 Å². The lowest BCUT2D eigenvalue weighted by Crippen LogP contribution is -2.31. The zero-order valence-electron chi connectivity index (χ0n) is 12.4. The summed E-state index contributed by atoms with van der Waals surface area (Å²) in [5, 5.41) is 20.0. The van der Waals surface area contributed by atoms with Gasteiger partial charge in [-0.2, -0.15) is 0 Å². The average molecular weight is 337 g/mol. The number of halogens is 1. The van der Waals surface area contributed by atoms with Crippen molar-refractivity contribution in [2.45, 2.75) is 25.4 Å². The molecule has 1 aliphatic rings. The van der Waals surface area contributed by atoms with Crippen molar-refractivity contribution in [3.63, 3.8) is 0 Å². The number of carboxylic acids is 2. The molecule has 2 heterocycles. The molecule has 23 heavy (non-hydrogen) atoms. The van der Waals surface area contributed by atoms with E-state index in [1.165, 1.54) is 0 Å². The summed E-state index contributed by atoms with van der Waals surface area (Å²) < 4.78 is 1.55. The van der Waals surface area contributed by atoms with Crippen LogP contribution in [0, 0.1) is 0 Å². The molecule has 1 saturated heterocycles. The lowest BCUT2D eigenvalue weighted by molar-refractivity contribution is -0.143. The summed E-state index contributed by atoms with van der Waals surface area (Å²) in [5.41, 5.74) is 1.26. The molecule has 0 aliphatic carbocycles. The number of hydrogen-bond donors (Lipinski definition) is 2. The smallest absolute Gasteiger partial charge is 0.325 e. The maximum Gasteiger partial charge on any atom is 0.325 e. The van der Waals surface area contributed by atoms with E-state index in [0.717, 1.165) is 31.3 Å². The van der Waals surface area contributed by atoms with E-state index in [0.29, 0.717) is 16.1 Å². The third-order valence-corrected chi connectivity index (χ3v) is 4.45. The number of likely N-dealkylation sites (tertiary alicyclic amines) is 1. The first-order chi connectivity index (χ1) is 11.0. The van der Waals surface area contributed by atoms with Gasteiger partial charge in [0, 0.05) is 22.2 Å². The van der Waals surface area contributed by atoms with Crippen molar-refractivity contribution in [3.05, 3.63) is 35.0 Å². The first-order valence-electron chi connectivity index (χ1n) is 7.44. The van der Waals surface area contributed by atoms with Gasteiger partial charge in [-0.05, 0) is 38.1 Å². The molecule has 1 fully saturated rings. The molecular weight excluding hydrogens is 320 g/mol. The third kappa shape index (κ3) is 3.04. The summed E-state index contributed by atoms with van der Waals surface area (Å²) in [4.78, 5) is 24.8. The van der Waals surface area contributed by atoms with Gasteiger partial charge in [-0.3, -0.25) is 14.5 Å². The molecule has 1 atom stereocenters. The molecule has 3 rings (SSSR count). The molecule has 2 aromatic rings. The van der Waals surface area contributed by atoms with Gasteiger partial charge in [-0.15, -0.1) is 0 Å². The van der Waals surface area contributed by atoms with Gasteiger partial charge in [-0.1, -0.05) is 17.7 Å². The number of nitrogens with zero attached hydrogens (tertiary/aromatic N) is 2. The van der Waals surface area contributed by atoms with E-state index in [1.54, 1.807) is 29.0 Å². The first kappa shape index (κ1) is 15.8. The Balaban J connectivity index is 2.15. The van der Waals surface area contributed by atoms with Gasteiger partial charge in [0.1, 0.15) is 12.6 Å². The second-order valence-electron chi connectivity index (χ2n) is 5.75. The molecule has 7 heteroatoms. The fourth-order valence-corrected chi connectivity index (χ4v) is 3.44. The molecular formula is C16H17ClN2O4. The SMILES string of the molecule is O=C(O)Cn1cc(C(C(=O)O)N2CCCC2)c2ccc(Cl)cc21. The molecule has 0 spiro atoms. The molecule has 1 aromatic carbocycles. The number of carboxylic acid groups (broad SMARTS) is 2. The van der Waals surface area contributed by atoms with E-state index in [-0.39, 0.29) is 6.54 Å². The van der Waals surface area contributed by atoms with Gasteiger partial charge in [0.15, 0.2) is 0 Å². The Hall–Kier alpha value is -2.05. The highest BCUT2D eigenvalue weighted by Crippen LogP contribution is 2.33. The van der Waals surface area contributed by atoms with Crippen LogP contribution in [0.1, 0.15) is 24.4 Å². The van der Waals surface area contributed by atoms with Crippen molar-refractivity contribution in [1.82, 2.24) is 9.47 Å².